The fourth-order valence-electron chi connectivity index (χ4n) is 2.15. The van der Waals surface area contributed by atoms with Gasteiger partial charge in [0.25, 0.3) is 0 Å². The number of hydrogen-bond donors (Lipinski definition) is 1. The molecular formula is C14H23N3O. The minimum Gasteiger partial charge on any atom is -0.492 e. The molecule has 1 fully saturated rings. The molecule has 4 heteroatoms. The molecule has 2 rings (SSSR count). The molecule has 18 heavy (non-hydrogen) atoms. The highest BCUT2D eigenvalue weighted by atomic mass is 16.5. The molecule has 0 saturated carbocycles. The van der Waals surface area contributed by atoms with E-state index in [0.717, 1.165) is 45.1 Å². The van der Waals surface area contributed by atoms with Crippen LogP contribution < -0.4 is 10.6 Å². The highest BCUT2D eigenvalue weighted by Crippen LogP contribution is 2.20. The van der Waals surface area contributed by atoms with Crippen LogP contribution in [0.5, 0.6) is 5.75 Å². The number of ether oxygens (including phenoxy) is 1. The molecule has 0 spiro atoms. The summed E-state index contributed by atoms with van der Waals surface area (Å²) in [7, 11) is 0. The van der Waals surface area contributed by atoms with Crippen molar-refractivity contribution >= 4 is 0 Å². The van der Waals surface area contributed by atoms with Gasteiger partial charge in [0.1, 0.15) is 12.4 Å². The van der Waals surface area contributed by atoms with Crippen LogP contribution >= 0.6 is 0 Å². The third-order valence-electron chi connectivity index (χ3n) is 3.63. The van der Waals surface area contributed by atoms with Gasteiger partial charge in [-0.2, -0.15) is 0 Å². The molecule has 100 valence electrons. The molecule has 0 amide bonds. The predicted molar refractivity (Wildman–Crippen MR) is 73.6 cm³/mol. The number of benzene rings is 1. The van der Waals surface area contributed by atoms with E-state index in [0.29, 0.717) is 0 Å². The van der Waals surface area contributed by atoms with Crippen molar-refractivity contribution in [2.24, 2.45) is 5.84 Å². The summed E-state index contributed by atoms with van der Waals surface area (Å²) < 4.78 is 5.86. The molecule has 1 aromatic carbocycles. The fraction of sp³-hybridized carbons (Fsp3) is 0.571. The molecule has 1 aromatic rings. The van der Waals surface area contributed by atoms with Crippen molar-refractivity contribution in [2.75, 3.05) is 39.3 Å². The molecule has 1 heterocycles. The summed E-state index contributed by atoms with van der Waals surface area (Å²) in [5.41, 5.74) is 2.52. The first-order valence-electron chi connectivity index (χ1n) is 6.58. The monoisotopic (exact) mass is 249 g/mol. The van der Waals surface area contributed by atoms with Gasteiger partial charge in [-0.05, 0) is 31.0 Å². The lowest BCUT2D eigenvalue weighted by Crippen LogP contribution is -2.50. The number of rotatable bonds is 4. The van der Waals surface area contributed by atoms with Crippen LogP contribution in [0.2, 0.25) is 0 Å². The highest BCUT2D eigenvalue weighted by Gasteiger charge is 2.13. The average Bonchev–Trinajstić information content (AvgIpc) is 2.37. The second-order valence-corrected chi connectivity index (χ2v) is 4.92. The van der Waals surface area contributed by atoms with Gasteiger partial charge in [-0.1, -0.05) is 12.1 Å². The second kappa shape index (κ2) is 6.18. The Morgan fingerprint density at radius 3 is 2.61 bits per heavy atom. The fourth-order valence-corrected chi connectivity index (χ4v) is 2.15. The third-order valence-corrected chi connectivity index (χ3v) is 3.63. The Hall–Kier alpha value is -1.10. The van der Waals surface area contributed by atoms with Crippen LogP contribution in [0.15, 0.2) is 18.2 Å². The van der Waals surface area contributed by atoms with Crippen molar-refractivity contribution in [3.8, 4) is 5.75 Å². The maximum Gasteiger partial charge on any atom is 0.122 e. The minimum atomic E-state index is 0.745. The maximum absolute atomic E-state index is 5.86. The summed E-state index contributed by atoms with van der Waals surface area (Å²) in [6.07, 6.45) is 0. The summed E-state index contributed by atoms with van der Waals surface area (Å²) in [5, 5.41) is 1.88. The Balaban J connectivity index is 1.77. The van der Waals surface area contributed by atoms with Crippen LogP contribution in [0.3, 0.4) is 0 Å². The molecule has 0 radical (unpaired) electrons. The number of hydrogen-bond acceptors (Lipinski definition) is 4. The third kappa shape index (κ3) is 3.45. The number of hydrazine groups is 1. The van der Waals surface area contributed by atoms with Crippen molar-refractivity contribution in [1.82, 2.24) is 9.91 Å². The van der Waals surface area contributed by atoms with Crippen molar-refractivity contribution in [2.45, 2.75) is 13.8 Å². The normalized spacial score (nSPS) is 17.9. The summed E-state index contributed by atoms with van der Waals surface area (Å²) in [6, 6.07) is 6.20. The Labute approximate surface area is 109 Å². The number of nitrogens with zero attached hydrogens (tertiary/aromatic N) is 2. The summed E-state index contributed by atoms with van der Waals surface area (Å²) >= 11 is 0. The van der Waals surface area contributed by atoms with Crippen molar-refractivity contribution in [1.29, 1.82) is 0 Å². The van der Waals surface area contributed by atoms with Crippen LogP contribution in [0.4, 0.5) is 0 Å². The van der Waals surface area contributed by atoms with E-state index in [1.54, 1.807) is 0 Å². The summed E-state index contributed by atoms with van der Waals surface area (Å²) in [5.74, 6) is 6.74. The molecule has 1 aliphatic rings. The van der Waals surface area contributed by atoms with Gasteiger partial charge in [-0.15, -0.1) is 0 Å². The first kappa shape index (κ1) is 13.3. The molecule has 0 aliphatic carbocycles. The van der Waals surface area contributed by atoms with Gasteiger partial charge in [0.05, 0.1) is 0 Å². The van der Waals surface area contributed by atoms with Crippen LogP contribution in [-0.4, -0.2) is 49.2 Å². The number of aryl methyl sites for hydroxylation is 1. The minimum absolute atomic E-state index is 0.745. The van der Waals surface area contributed by atoms with Gasteiger partial charge in [0.2, 0.25) is 0 Å². The van der Waals surface area contributed by atoms with E-state index in [9.17, 15) is 0 Å². The summed E-state index contributed by atoms with van der Waals surface area (Å²) in [4.78, 5) is 2.40. The molecule has 1 aliphatic heterocycles. The molecule has 2 N–H and O–H groups in total. The SMILES string of the molecule is Cc1cccc(OCCN2CCN(N)CC2)c1C. The highest BCUT2D eigenvalue weighted by molar-refractivity contribution is 5.38. The van der Waals surface area contributed by atoms with Gasteiger partial charge in [-0.3, -0.25) is 10.7 Å². The zero-order valence-corrected chi connectivity index (χ0v) is 11.4. The van der Waals surface area contributed by atoms with Gasteiger partial charge >= 0.3 is 0 Å². The van der Waals surface area contributed by atoms with E-state index in [-0.39, 0.29) is 0 Å². The quantitative estimate of drug-likeness (QED) is 0.814. The van der Waals surface area contributed by atoms with Gasteiger partial charge in [0, 0.05) is 32.7 Å². The summed E-state index contributed by atoms with van der Waals surface area (Å²) in [6.45, 7) is 9.91. The van der Waals surface area contributed by atoms with Crippen LogP contribution in [0.1, 0.15) is 11.1 Å². The molecule has 1 saturated heterocycles. The van der Waals surface area contributed by atoms with Gasteiger partial charge in [0.15, 0.2) is 0 Å². The number of piperazine rings is 1. The predicted octanol–water partition coefficient (Wildman–Crippen LogP) is 1.17. The van der Waals surface area contributed by atoms with Crippen molar-refractivity contribution in [3.05, 3.63) is 29.3 Å². The van der Waals surface area contributed by atoms with Crippen LogP contribution in [0.25, 0.3) is 0 Å². The molecule has 4 nitrogen and oxygen atoms in total. The lowest BCUT2D eigenvalue weighted by molar-refractivity contribution is 0.117. The van der Waals surface area contributed by atoms with Crippen molar-refractivity contribution in [3.63, 3.8) is 0 Å². The first-order chi connectivity index (χ1) is 8.66. The first-order valence-corrected chi connectivity index (χ1v) is 6.58. The van der Waals surface area contributed by atoms with E-state index in [1.165, 1.54) is 11.1 Å². The molecular weight excluding hydrogens is 226 g/mol. The van der Waals surface area contributed by atoms with Crippen molar-refractivity contribution < 1.29 is 4.74 Å². The van der Waals surface area contributed by atoms with Crippen LogP contribution in [-0.2, 0) is 0 Å². The lowest BCUT2D eigenvalue weighted by Gasteiger charge is -2.31. The Bertz CT molecular complexity index is 387. The molecule has 0 bridgehead atoms. The Morgan fingerprint density at radius 1 is 1.17 bits per heavy atom. The molecule has 0 atom stereocenters. The number of nitrogens with two attached hydrogens (primary N) is 1. The van der Waals surface area contributed by atoms with E-state index in [1.807, 2.05) is 17.1 Å². The zero-order chi connectivity index (χ0) is 13.0. The maximum atomic E-state index is 5.86. The molecule has 0 aromatic heterocycles. The lowest BCUT2D eigenvalue weighted by atomic mass is 10.1. The standard InChI is InChI=1S/C14H23N3O/c1-12-4-3-5-14(13(12)2)18-11-10-16-6-8-17(15)9-7-16/h3-5H,6-11,15H2,1-2H3. The topological polar surface area (TPSA) is 41.7 Å². The van der Waals surface area contributed by atoms with E-state index in [4.69, 9.17) is 10.6 Å². The molecule has 0 unspecified atom stereocenters. The van der Waals surface area contributed by atoms with E-state index < -0.39 is 0 Å². The smallest absolute Gasteiger partial charge is 0.122 e. The second-order valence-electron chi connectivity index (χ2n) is 4.92. The largest absolute Gasteiger partial charge is 0.492 e. The van der Waals surface area contributed by atoms with Gasteiger partial charge in [-0.25, -0.2) is 5.01 Å². The zero-order valence-electron chi connectivity index (χ0n) is 11.4. The van der Waals surface area contributed by atoms with E-state index in [2.05, 4.69) is 24.8 Å². The Morgan fingerprint density at radius 2 is 1.89 bits per heavy atom. The van der Waals surface area contributed by atoms with Crippen LogP contribution in [0, 0.1) is 13.8 Å². The van der Waals surface area contributed by atoms with E-state index >= 15 is 0 Å². The van der Waals surface area contributed by atoms with Gasteiger partial charge < -0.3 is 4.74 Å². The average molecular weight is 249 g/mol. The Kier molecular flexibility index (Phi) is 4.58.